The Morgan fingerprint density at radius 1 is 1.15 bits per heavy atom. The van der Waals surface area contributed by atoms with Gasteiger partial charge in [0, 0.05) is 0 Å². The predicted molar refractivity (Wildman–Crippen MR) is 55.0 cm³/mol. The van der Waals surface area contributed by atoms with Crippen molar-refractivity contribution in [3.8, 4) is 0 Å². The van der Waals surface area contributed by atoms with Crippen LogP contribution in [0.15, 0.2) is 30.3 Å². The maximum atomic E-state index is 2.33. The topological polar surface area (TPSA) is 0 Å². The van der Waals surface area contributed by atoms with Gasteiger partial charge in [0.05, 0.1) is 0 Å². The first-order chi connectivity index (χ1) is 5.29. The zero-order chi connectivity index (χ0) is 8.10. The van der Waals surface area contributed by atoms with Crippen LogP contribution in [0.3, 0.4) is 0 Å². The van der Waals surface area contributed by atoms with Crippen molar-refractivity contribution in [2.24, 2.45) is 5.92 Å². The van der Waals surface area contributed by atoms with E-state index >= 15 is 0 Å². The molecule has 0 unspecified atom stereocenters. The van der Waals surface area contributed by atoms with Crippen LogP contribution in [0.5, 0.6) is 0 Å². The van der Waals surface area contributed by atoms with Gasteiger partial charge in [-0.1, -0.05) is 49.7 Å². The molecular formula is C11H15ClMg. The molecule has 0 heterocycles. The van der Waals surface area contributed by atoms with Crippen LogP contribution in [0.25, 0.3) is 0 Å². The molecule has 1 rings (SSSR count). The molecule has 0 aliphatic heterocycles. The molecule has 0 amide bonds. The molecule has 0 aromatic heterocycles. The Labute approximate surface area is 104 Å². The first kappa shape index (κ1) is 15.7. The third-order valence-corrected chi connectivity index (χ3v) is 1.67. The van der Waals surface area contributed by atoms with Gasteiger partial charge in [-0.15, -0.1) is 0 Å². The third-order valence-electron chi connectivity index (χ3n) is 1.67. The van der Waals surface area contributed by atoms with Gasteiger partial charge in [0.25, 0.3) is 0 Å². The number of hydrogen-bond donors (Lipinski definition) is 0. The average molecular weight is 207 g/mol. The molecule has 68 valence electrons. The molecule has 0 aliphatic carbocycles. The largest absolute Gasteiger partial charge is 2.00 e. The summed E-state index contributed by atoms with van der Waals surface area (Å²) in [7, 11) is 0. The van der Waals surface area contributed by atoms with E-state index in [4.69, 9.17) is 0 Å². The summed E-state index contributed by atoms with van der Waals surface area (Å²) in [6, 6.07) is 10.6. The van der Waals surface area contributed by atoms with Gasteiger partial charge in [0.2, 0.25) is 0 Å². The number of halogens is 1. The van der Waals surface area contributed by atoms with Crippen molar-refractivity contribution in [2.75, 3.05) is 0 Å². The minimum absolute atomic E-state index is 0. The van der Waals surface area contributed by atoms with Crippen molar-refractivity contribution >= 4 is 23.1 Å². The summed E-state index contributed by atoms with van der Waals surface area (Å²) in [6.45, 7) is 4.42. The summed E-state index contributed by atoms with van der Waals surface area (Å²) in [5.41, 5.74) is 1.40. The van der Waals surface area contributed by atoms with E-state index in [1.807, 2.05) is 0 Å². The molecule has 0 saturated heterocycles. The molecule has 1 aromatic rings. The van der Waals surface area contributed by atoms with Crippen molar-refractivity contribution in [1.82, 2.24) is 0 Å². The Kier molecular flexibility index (Phi) is 10.7. The SMILES string of the molecule is CC(C)[CH-]Cc1ccccc1.[Cl-].[Mg+2]. The molecule has 2 heteroatoms. The summed E-state index contributed by atoms with van der Waals surface area (Å²) in [4.78, 5) is 0. The molecule has 0 saturated carbocycles. The van der Waals surface area contributed by atoms with Crippen LogP contribution in [0.4, 0.5) is 0 Å². The van der Waals surface area contributed by atoms with Crippen LogP contribution < -0.4 is 12.4 Å². The predicted octanol–water partition coefficient (Wildman–Crippen LogP) is -0.287. The molecule has 0 fully saturated rings. The Balaban J connectivity index is 0. The first-order valence-electron chi connectivity index (χ1n) is 4.16. The van der Waals surface area contributed by atoms with E-state index in [-0.39, 0.29) is 35.5 Å². The van der Waals surface area contributed by atoms with Crippen molar-refractivity contribution in [1.29, 1.82) is 0 Å². The van der Waals surface area contributed by atoms with Crippen molar-refractivity contribution in [3.05, 3.63) is 42.3 Å². The molecule has 0 radical (unpaired) electrons. The molecule has 1 aromatic carbocycles. The van der Waals surface area contributed by atoms with Crippen LogP contribution in [-0.4, -0.2) is 23.1 Å². The van der Waals surface area contributed by atoms with Gasteiger partial charge < -0.3 is 18.8 Å². The van der Waals surface area contributed by atoms with E-state index < -0.39 is 0 Å². The molecule has 0 atom stereocenters. The van der Waals surface area contributed by atoms with Crippen LogP contribution in [0, 0.1) is 12.3 Å². The standard InChI is InChI=1S/C11H15.ClH.Mg/c1-10(2)8-9-11-6-4-3-5-7-11;;/h3-8,10H,9H2,1-2H3;1H;/q-1;;+2/p-1. The Morgan fingerprint density at radius 2 is 1.69 bits per heavy atom. The maximum Gasteiger partial charge on any atom is 2.00 e. The van der Waals surface area contributed by atoms with E-state index in [0.29, 0.717) is 5.92 Å². The van der Waals surface area contributed by atoms with Gasteiger partial charge in [-0.25, -0.2) is 0 Å². The van der Waals surface area contributed by atoms with Crippen molar-refractivity contribution < 1.29 is 12.4 Å². The monoisotopic (exact) mass is 206 g/mol. The van der Waals surface area contributed by atoms with Gasteiger partial charge in [-0.3, -0.25) is 0 Å². The Morgan fingerprint density at radius 3 is 2.15 bits per heavy atom. The summed E-state index contributed by atoms with van der Waals surface area (Å²) < 4.78 is 0. The van der Waals surface area contributed by atoms with E-state index in [1.54, 1.807) is 0 Å². The quantitative estimate of drug-likeness (QED) is 0.472. The minimum atomic E-state index is 0. The molecule has 0 aliphatic rings. The molecule has 13 heavy (non-hydrogen) atoms. The van der Waals surface area contributed by atoms with Gasteiger partial charge >= 0.3 is 23.1 Å². The van der Waals surface area contributed by atoms with E-state index in [1.165, 1.54) is 5.56 Å². The minimum Gasteiger partial charge on any atom is -1.00 e. The molecular weight excluding hydrogens is 192 g/mol. The zero-order valence-electron chi connectivity index (χ0n) is 8.33. The van der Waals surface area contributed by atoms with Crippen LogP contribution in [0.2, 0.25) is 0 Å². The van der Waals surface area contributed by atoms with Crippen LogP contribution in [-0.2, 0) is 6.42 Å². The van der Waals surface area contributed by atoms with E-state index in [0.717, 1.165) is 6.42 Å². The van der Waals surface area contributed by atoms with Crippen LogP contribution in [0.1, 0.15) is 19.4 Å². The second-order valence-corrected chi connectivity index (χ2v) is 3.17. The second-order valence-electron chi connectivity index (χ2n) is 3.17. The average Bonchev–Trinajstić information content (AvgIpc) is 2.03. The molecule has 0 bridgehead atoms. The molecule has 0 N–H and O–H groups in total. The number of hydrogen-bond acceptors (Lipinski definition) is 0. The summed E-state index contributed by atoms with van der Waals surface area (Å²) >= 11 is 0. The fourth-order valence-electron chi connectivity index (χ4n) is 0.986. The molecule has 0 nitrogen and oxygen atoms in total. The number of benzene rings is 1. The zero-order valence-corrected chi connectivity index (χ0v) is 10.5. The maximum absolute atomic E-state index is 2.33. The van der Waals surface area contributed by atoms with Crippen molar-refractivity contribution in [3.63, 3.8) is 0 Å². The second kappa shape index (κ2) is 8.86. The summed E-state index contributed by atoms with van der Waals surface area (Å²) in [6.07, 6.45) is 3.42. The normalized spacial score (nSPS) is 8.85. The van der Waals surface area contributed by atoms with Gasteiger partial charge in [0.15, 0.2) is 0 Å². The fraction of sp³-hybridized carbons (Fsp3) is 0.364. The summed E-state index contributed by atoms with van der Waals surface area (Å²) in [5.74, 6) is 0.690. The van der Waals surface area contributed by atoms with Gasteiger partial charge in [0.1, 0.15) is 0 Å². The first-order valence-corrected chi connectivity index (χ1v) is 4.16. The Bertz CT molecular complexity index is 197. The van der Waals surface area contributed by atoms with E-state index in [2.05, 4.69) is 50.6 Å². The smallest absolute Gasteiger partial charge is 1.00 e. The fourth-order valence-corrected chi connectivity index (χ4v) is 0.986. The van der Waals surface area contributed by atoms with Crippen molar-refractivity contribution in [2.45, 2.75) is 20.3 Å². The van der Waals surface area contributed by atoms with E-state index in [9.17, 15) is 0 Å². The van der Waals surface area contributed by atoms with Gasteiger partial charge in [-0.05, 0) is 0 Å². The Hall–Kier alpha value is 0.276. The third kappa shape index (κ3) is 7.36. The molecule has 0 spiro atoms. The summed E-state index contributed by atoms with van der Waals surface area (Å²) in [5, 5.41) is 0. The number of rotatable bonds is 3. The van der Waals surface area contributed by atoms with Gasteiger partial charge in [-0.2, -0.15) is 12.3 Å². The van der Waals surface area contributed by atoms with Crippen LogP contribution >= 0.6 is 0 Å².